The van der Waals surface area contributed by atoms with Crippen molar-refractivity contribution in [2.45, 2.75) is 40.0 Å². The minimum Gasteiger partial charge on any atom is -0.355 e. The van der Waals surface area contributed by atoms with Gasteiger partial charge in [0.1, 0.15) is 22.2 Å². The maximum Gasteiger partial charge on any atom is 0.263 e. The van der Waals surface area contributed by atoms with E-state index in [-0.39, 0.29) is 11.8 Å². The maximum atomic E-state index is 12.8. The van der Waals surface area contributed by atoms with E-state index in [2.05, 4.69) is 40.5 Å². The Balaban J connectivity index is 1.54. The SMILES string of the molecule is CCc1nnc(NC(=O)C2CCCN(c3nc(C)ncc3-c3nc(C)no3)C2)s1. The van der Waals surface area contributed by atoms with Gasteiger partial charge in [0.2, 0.25) is 11.0 Å². The summed E-state index contributed by atoms with van der Waals surface area (Å²) in [5.41, 5.74) is 0.675. The molecule has 4 heterocycles. The lowest BCUT2D eigenvalue weighted by molar-refractivity contribution is -0.120. The van der Waals surface area contributed by atoms with E-state index in [1.165, 1.54) is 11.3 Å². The molecule has 10 nitrogen and oxygen atoms in total. The Morgan fingerprint density at radius 2 is 2.17 bits per heavy atom. The Labute approximate surface area is 171 Å². The third-order valence-electron chi connectivity index (χ3n) is 4.74. The van der Waals surface area contributed by atoms with Crippen LogP contribution in [0.15, 0.2) is 10.7 Å². The van der Waals surface area contributed by atoms with Crippen molar-refractivity contribution < 1.29 is 9.32 Å². The van der Waals surface area contributed by atoms with Crippen LogP contribution in [0.3, 0.4) is 0 Å². The zero-order valence-corrected chi connectivity index (χ0v) is 17.4. The van der Waals surface area contributed by atoms with E-state index in [9.17, 15) is 4.79 Å². The van der Waals surface area contributed by atoms with Gasteiger partial charge in [0.15, 0.2) is 5.82 Å². The van der Waals surface area contributed by atoms with E-state index in [0.717, 1.165) is 30.8 Å². The molecule has 1 atom stereocenters. The third kappa shape index (κ3) is 4.24. The second-order valence-electron chi connectivity index (χ2n) is 6.93. The van der Waals surface area contributed by atoms with E-state index in [4.69, 9.17) is 4.52 Å². The largest absolute Gasteiger partial charge is 0.355 e. The van der Waals surface area contributed by atoms with Crippen LogP contribution in [0.2, 0.25) is 0 Å². The highest BCUT2D eigenvalue weighted by molar-refractivity contribution is 7.15. The highest BCUT2D eigenvalue weighted by Gasteiger charge is 2.29. The van der Waals surface area contributed by atoms with Crippen molar-refractivity contribution in [2.24, 2.45) is 5.92 Å². The zero-order chi connectivity index (χ0) is 20.4. The van der Waals surface area contributed by atoms with Crippen LogP contribution in [0.25, 0.3) is 11.5 Å². The maximum absolute atomic E-state index is 12.8. The van der Waals surface area contributed by atoms with Crippen molar-refractivity contribution in [3.63, 3.8) is 0 Å². The van der Waals surface area contributed by atoms with Gasteiger partial charge in [-0.1, -0.05) is 23.4 Å². The fourth-order valence-electron chi connectivity index (χ4n) is 3.29. The van der Waals surface area contributed by atoms with Crippen LogP contribution < -0.4 is 10.2 Å². The number of rotatable bonds is 5. The number of hydrogen-bond donors (Lipinski definition) is 1. The average molecular weight is 414 g/mol. The molecule has 0 aliphatic carbocycles. The third-order valence-corrected chi connectivity index (χ3v) is 5.72. The molecule has 3 aromatic heterocycles. The summed E-state index contributed by atoms with van der Waals surface area (Å²) in [4.78, 5) is 28.1. The number of piperidine rings is 1. The van der Waals surface area contributed by atoms with Crippen molar-refractivity contribution in [1.82, 2.24) is 30.3 Å². The first-order chi connectivity index (χ1) is 14.0. The summed E-state index contributed by atoms with van der Waals surface area (Å²) in [6.07, 6.45) is 4.18. The smallest absolute Gasteiger partial charge is 0.263 e. The number of amides is 1. The van der Waals surface area contributed by atoms with Crippen LogP contribution in [0, 0.1) is 19.8 Å². The lowest BCUT2D eigenvalue weighted by Gasteiger charge is -2.33. The lowest BCUT2D eigenvalue weighted by Crippen LogP contribution is -2.41. The summed E-state index contributed by atoms with van der Waals surface area (Å²) in [6.45, 7) is 6.94. The normalized spacial score (nSPS) is 16.8. The van der Waals surface area contributed by atoms with E-state index in [1.807, 2.05) is 13.8 Å². The summed E-state index contributed by atoms with van der Waals surface area (Å²) >= 11 is 1.41. The van der Waals surface area contributed by atoms with Crippen molar-refractivity contribution in [3.8, 4) is 11.5 Å². The molecule has 1 aliphatic heterocycles. The molecule has 0 bridgehead atoms. The van der Waals surface area contributed by atoms with Crippen LogP contribution >= 0.6 is 11.3 Å². The number of carbonyl (C=O) groups is 1. The number of aryl methyl sites for hydroxylation is 3. The standard InChI is InChI=1S/C18H22N8O2S/c1-4-14-23-24-18(29-14)22-16(27)12-6-5-7-26(9-12)15-13(8-19-10(2)20-15)17-21-11(3)25-28-17/h8,12H,4-7,9H2,1-3H3,(H,22,24,27). The van der Waals surface area contributed by atoms with Gasteiger partial charge in [0.05, 0.1) is 5.92 Å². The Hall–Kier alpha value is -2.95. The quantitative estimate of drug-likeness (QED) is 0.670. The van der Waals surface area contributed by atoms with Gasteiger partial charge >= 0.3 is 0 Å². The zero-order valence-electron chi connectivity index (χ0n) is 16.5. The predicted octanol–water partition coefficient (Wildman–Crippen LogP) is 2.41. The molecule has 29 heavy (non-hydrogen) atoms. The van der Waals surface area contributed by atoms with Gasteiger partial charge in [-0.15, -0.1) is 10.2 Å². The van der Waals surface area contributed by atoms with Crippen molar-refractivity contribution in [2.75, 3.05) is 23.3 Å². The van der Waals surface area contributed by atoms with Gasteiger partial charge in [-0.2, -0.15) is 4.98 Å². The summed E-state index contributed by atoms with van der Waals surface area (Å²) in [6, 6.07) is 0. The summed E-state index contributed by atoms with van der Waals surface area (Å²) in [5, 5.41) is 16.3. The number of anilines is 2. The van der Waals surface area contributed by atoms with Gasteiger partial charge in [-0.05, 0) is 33.1 Å². The van der Waals surface area contributed by atoms with Crippen LogP contribution in [-0.2, 0) is 11.2 Å². The molecule has 4 rings (SSSR count). The Morgan fingerprint density at radius 1 is 1.31 bits per heavy atom. The number of carbonyl (C=O) groups excluding carboxylic acids is 1. The number of aromatic nitrogens is 6. The van der Waals surface area contributed by atoms with Gasteiger partial charge in [-0.25, -0.2) is 9.97 Å². The van der Waals surface area contributed by atoms with Gasteiger partial charge in [-0.3, -0.25) is 4.79 Å². The Bertz CT molecular complexity index is 1020. The average Bonchev–Trinajstić information content (AvgIpc) is 3.36. The molecule has 0 saturated carbocycles. The molecule has 1 saturated heterocycles. The highest BCUT2D eigenvalue weighted by Crippen LogP contribution is 2.31. The van der Waals surface area contributed by atoms with Crippen LogP contribution in [0.5, 0.6) is 0 Å². The van der Waals surface area contributed by atoms with Crippen LogP contribution in [-0.4, -0.2) is 49.3 Å². The van der Waals surface area contributed by atoms with E-state index < -0.39 is 0 Å². The first kappa shape index (κ1) is 19.4. The molecule has 1 amide bonds. The molecule has 3 aromatic rings. The minimum absolute atomic E-state index is 0.0468. The second-order valence-corrected chi connectivity index (χ2v) is 7.99. The molecule has 11 heteroatoms. The van der Waals surface area contributed by atoms with E-state index in [1.54, 1.807) is 13.1 Å². The Kier molecular flexibility index (Phi) is 5.47. The Morgan fingerprint density at radius 3 is 2.90 bits per heavy atom. The van der Waals surface area contributed by atoms with E-state index in [0.29, 0.717) is 40.6 Å². The monoisotopic (exact) mass is 414 g/mol. The molecular formula is C18H22N8O2S. The van der Waals surface area contributed by atoms with Gasteiger partial charge in [0, 0.05) is 19.3 Å². The molecule has 1 aliphatic rings. The van der Waals surface area contributed by atoms with Crippen molar-refractivity contribution in [3.05, 3.63) is 22.9 Å². The summed E-state index contributed by atoms with van der Waals surface area (Å²) in [5.74, 6) is 2.06. The first-order valence-electron chi connectivity index (χ1n) is 9.56. The van der Waals surface area contributed by atoms with E-state index >= 15 is 0 Å². The second kappa shape index (κ2) is 8.19. The van der Waals surface area contributed by atoms with Crippen molar-refractivity contribution in [1.29, 1.82) is 0 Å². The number of nitrogens with zero attached hydrogens (tertiary/aromatic N) is 7. The molecule has 1 N–H and O–H groups in total. The number of hydrogen-bond acceptors (Lipinski definition) is 10. The molecule has 152 valence electrons. The fourth-order valence-corrected chi connectivity index (χ4v) is 3.98. The minimum atomic E-state index is -0.176. The van der Waals surface area contributed by atoms with Crippen LogP contribution in [0.1, 0.15) is 36.4 Å². The fraction of sp³-hybridized carbons (Fsp3) is 0.500. The molecule has 1 fully saturated rings. The molecular weight excluding hydrogens is 392 g/mol. The first-order valence-corrected chi connectivity index (χ1v) is 10.4. The van der Waals surface area contributed by atoms with Gasteiger partial charge in [0.25, 0.3) is 5.89 Å². The highest BCUT2D eigenvalue weighted by atomic mass is 32.1. The molecule has 0 aromatic carbocycles. The van der Waals surface area contributed by atoms with Gasteiger partial charge < -0.3 is 14.7 Å². The number of nitrogens with one attached hydrogen (secondary N) is 1. The molecule has 0 radical (unpaired) electrons. The summed E-state index contributed by atoms with van der Waals surface area (Å²) in [7, 11) is 0. The topological polar surface area (TPSA) is 123 Å². The van der Waals surface area contributed by atoms with Crippen molar-refractivity contribution >= 4 is 28.2 Å². The predicted molar refractivity (Wildman–Crippen MR) is 108 cm³/mol. The molecule has 0 spiro atoms. The lowest BCUT2D eigenvalue weighted by atomic mass is 9.97. The molecule has 1 unspecified atom stereocenters. The van der Waals surface area contributed by atoms with Crippen LogP contribution in [0.4, 0.5) is 10.9 Å². The summed E-state index contributed by atoms with van der Waals surface area (Å²) < 4.78 is 5.33.